The molecule has 3 atom stereocenters. The maximum Gasteiger partial charge on any atom is 0.240 e. The van der Waals surface area contributed by atoms with Crippen LogP contribution in [0.2, 0.25) is 0 Å². The molecule has 2 aromatic rings. The number of sulfonamides is 1. The average molecular weight is 425 g/mol. The average Bonchev–Trinajstić information content (AvgIpc) is 3.17. The Balaban J connectivity index is 1.59. The Labute approximate surface area is 170 Å². The van der Waals surface area contributed by atoms with Gasteiger partial charge in [-0.05, 0) is 67.5 Å². The van der Waals surface area contributed by atoms with Crippen LogP contribution in [0.25, 0.3) is 0 Å². The maximum atomic E-state index is 13.5. The number of halogens is 2. The zero-order chi connectivity index (χ0) is 21.0. The van der Waals surface area contributed by atoms with Gasteiger partial charge in [-0.15, -0.1) is 0 Å². The van der Waals surface area contributed by atoms with E-state index >= 15 is 0 Å². The van der Waals surface area contributed by atoms with Crippen LogP contribution in [0.1, 0.15) is 49.3 Å². The van der Waals surface area contributed by atoms with Gasteiger partial charge in [-0.2, -0.15) is 0 Å². The first-order valence-corrected chi connectivity index (χ1v) is 11.2. The highest BCUT2D eigenvalue weighted by Gasteiger charge is 2.27. The van der Waals surface area contributed by atoms with Gasteiger partial charge in [-0.1, -0.05) is 18.2 Å². The minimum Gasteiger partial charge on any atom is -0.395 e. The summed E-state index contributed by atoms with van der Waals surface area (Å²) in [5.74, 6) is -1.38. The summed E-state index contributed by atoms with van der Waals surface area (Å²) >= 11 is 0. The van der Waals surface area contributed by atoms with Crippen LogP contribution in [-0.4, -0.2) is 32.7 Å². The second-order valence-corrected chi connectivity index (χ2v) is 9.23. The minimum absolute atomic E-state index is 0.0177. The summed E-state index contributed by atoms with van der Waals surface area (Å²) in [6.07, 6.45) is 2.82. The van der Waals surface area contributed by atoms with Crippen molar-refractivity contribution in [3.05, 3.63) is 65.2 Å². The van der Waals surface area contributed by atoms with Crippen molar-refractivity contribution in [1.82, 2.24) is 10.0 Å². The second-order valence-electron chi connectivity index (χ2n) is 7.46. The lowest BCUT2D eigenvalue weighted by Gasteiger charge is -2.20. The first kappa shape index (κ1) is 21.8. The highest BCUT2D eigenvalue weighted by atomic mass is 32.2. The van der Waals surface area contributed by atoms with Crippen LogP contribution in [0.15, 0.2) is 47.4 Å². The van der Waals surface area contributed by atoms with Crippen LogP contribution in [0.5, 0.6) is 0 Å². The van der Waals surface area contributed by atoms with Gasteiger partial charge in [0.1, 0.15) is 0 Å². The number of aliphatic hydroxyl groups excluding tert-OH is 1. The normalized spacial score (nSPS) is 20.7. The molecule has 1 aliphatic rings. The fraction of sp³-hybridized carbons (Fsp3) is 0.429. The number of aliphatic hydroxyl groups is 1. The van der Waals surface area contributed by atoms with Crippen LogP contribution >= 0.6 is 0 Å². The predicted molar refractivity (Wildman–Crippen MR) is 107 cm³/mol. The highest BCUT2D eigenvalue weighted by molar-refractivity contribution is 7.89. The highest BCUT2D eigenvalue weighted by Crippen LogP contribution is 2.35. The Morgan fingerprint density at radius 3 is 2.48 bits per heavy atom. The topological polar surface area (TPSA) is 78.4 Å². The number of benzene rings is 2. The van der Waals surface area contributed by atoms with Crippen LogP contribution in [0, 0.1) is 11.6 Å². The lowest BCUT2D eigenvalue weighted by atomic mass is 9.97. The summed E-state index contributed by atoms with van der Waals surface area (Å²) in [6, 6.07) is 10.9. The summed E-state index contributed by atoms with van der Waals surface area (Å²) < 4.78 is 53.1. The molecule has 1 saturated carbocycles. The molecule has 0 bridgehead atoms. The molecule has 5 nitrogen and oxygen atoms in total. The zero-order valence-electron chi connectivity index (χ0n) is 16.2. The van der Waals surface area contributed by atoms with Gasteiger partial charge in [0.25, 0.3) is 0 Å². The van der Waals surface area contributed by atoms with Crippen LogP contribution in [-0.2, 0) is 10.0 Å². The quantitative estimate of drug-likeness (QED) is 0.608. The van der Waals surface area contributed by atoms with Gasteiger partial charge in [-0.3, -0.25) is 0 Å². The number of rotatable bonds is 8. The Hall–Kier alpha value is -1.87. The van der Waals surface area contributed by atoms with Crippen LogP contribution < -0.4 is 10.0 Å². The van der Waals surface area contributed by atoms with E-state index in [9.17, 15) is 17.2 Å². The standard InChI is InChI=1S/C21H26F2N2O3S/c1-14(16-5-9-20(22)21(23)13-16)25-18-6-2-17(12-18)15-3-7-19(8-4-15)29(27,28)24-10-11-26/h3-5,7-9,13-14,17-18,24-26H,2,6,10-12H2,1H3/t14-,17?,18+/m1/s1. The predicted octanol–water partition coefficient (Wildman–Crippen LogP) is 3.22. The molecule has 2 aromatic carbocycles. The third-order valence-electron chi connectivity index (χ3n) is 5.43. The molecule has 0 amide bonds. The molecule has 8 heteroatoms. The van der Waals surface area contributed by atoms with Gasteiger partial charge in [0, 0.05) is 18.6 Å². The van der Waals surface area contributed by atoms with Gasteiger partial charge >= 0.3 is 0 Å². The fourth-order valence-corrected chi connectivity index (χ4v) is 4.87. The lowest BCUT2D eigenvalue weighted by Crippen LogP contribution is -2.29. The third kappa shape index (κ3) is 5.39. The molecular formula is C21H26F2N2O3S. The van der Waals surface area contributed by atoms with Gasteiger partial charge in [0.05, 0.1) is 11.5 Å². The van der Waals surface area contributed by atoms with E-state index in [4.69, 9.17) is 5.11 Å². The lowest BCUT2D eigenvalue weighted by molar-refractivity contribution is 0.301. The van der Waals surface area contributed by atoms with Gasteiger partial charge < -0.3 is 10.4 Å². The molecule has 3 N–H and O–H groups in total. The maximum absolute atomic E-state index is 13.5. The van der Waals surface area contributed by atoms with Crippen LogP contribution in [0.3, 0.4) is 0 Å². The van der Waals surface area contributed by atoms with E-state index in [0.717, 1.165) is 30.9 Å². The minimum atomic E-state index is -3.61. The van der Waals surface area contributed by atoms with E-state index in [1.165, 1.54) is 6.07 Å². The van der Waals surface area contributed by atoms with Crippen molar-refractivity contribution in [2.75, 3.05) is 13.2 Å². The Morgan fingerprint density at radius 2 is 1.83 bits per heavy atom. The SMILES string of the molecule is C[C@@H](N[C@H]1CCC(c2ccc(S(=O)(=O)NCCO)cc2)C1)c1ccc(F)c(F)c1. The van der Waals surface area contributed by atoms with Crippen molar-refractivity contribution in [1.29, 1.82) is 0 Å². The number of nitrogens with one attached hydrogen (secondary N) is 2. The van der Waals surface area contributed by atoms with Crippen molar-refractivity contribution in [2.24, 2.45) is 0 Å². The van der Waals surface area contributed by atoms with Crippen molar-refractivity contribution in [3.8, 4) is 0 Å². The fourth-order valence-electron chi connectivity index (χ4n) is 3.85. The Morgan fingerprint density at radius 1 is 1.10 bits per heavy atom. The van der Waals surface area contributed by atoms with E-state index in [0.29, 0.717) is 11.5 Å². The first-order valence-electron chi connectivity index (χ1n) is 9.71. The summed E-state index contributed by atoms with van der Waals surface area (Å²) in [6.45, 7) is 1.66. The van der Waals surface area contributed by atoms with Crippen molar-refractivity contribution in [2.45, 2.75) is 49.1 Å². The molecular weight excluding hydrogens is 398 g/mol. The van der Waals surface area contributed by atoms with E-state index in [1.807, 2.05) is 19.1 Å². The molecule has 0 heterocycles. The molecule has 3 rings (SSSR count). The number of hydrogen-bond acceptors (Lipinski definition) is 4. The number of hydrogen-bond donors (Lipinski definition) is 3. The molecule has 0 spiro atoms. The molecule has 0 aliphatic heterocycles. The monoisotopic (exact) mass is 424 g/mol. The summed E-state index contributed by atoms with van der Waals surface area (Å²) in [5, 5.41) is 12.3. The van der Waals surface area contributed by atoms with Gasteiger partial charge in [0.15, 0.2) is 11.6 Å². The Bertz CT molecular complexity index is 935. The molecule has 0 radical (unpaired) electrons. The van der Waals surface area contributed by atoms with E-state index in [1.54, 1.807) is 18.2 Å². The molecule has 0 aromatic heterocycles. The van der Waals surface area contributed by atoms with E-state index in [-0.39, 0.29) is 30.1 Å². The van der Waals surface area contributed by atoms with Gasteiger partial charge in [0.2, 0.25) is 10.0 Å². The van der Waals surface area contributed by atoms with E-state index in [2.05, 4.69) is 10.0 Å². The van der Waals surface area contributed by atoms with E-state index < -0.39 is 21.7 Å². The molecule has 1 aliphatic carbocycles. The molecule has 0 saturated heterocycles. The third-order valence-corrected chi connectivity index (χ3v) is 6.90. The zero-order valence-corrected chi connectivity index (χ0v) is 17.1. The summed E-state index contributed by atoms with van der Waals surface area (Å²) in [7, 11) is -3.61. The molecule has 29 heavy (non-hydrogen) atoms. The summed E-state index contributed by atoms with van der Waals surface area (Å²) in [5.41, 5.74) is 1.79. The second kappa shape index (κ2) is 9.30. The Kier molecular flexibility index (Phi) is 7.00. The van der Waals surface area contributed by atoms with Crippen molar-refractivity contribution >= 4 is 10.0 Å². The smallest absolute Gasteiger partial charge is 0.240 e. The van der Waals surface area contributed by atoms with Gasteiger partial charge in [-0.25, -0.2) is 21.9 Å². The van der Waals surface area contributed by atoms with Crippen molar-refractivity contribution < 1.29 is 22.3 Å². The summed E-state index contributed by atoms with van der Waals surface area (Å²) in [4.78, 5) is 0.175. The van der Waals surface area contributed by atoms with Crippen molar-refractivity contribution in [3.63, 3.8) is 0 Å². The largest absolute Gasteiger partial charge is 0.395 e. The molecule has 1 unspecified atom stereocenters. The first-order chi connectivity index (χ1) is 13.8. The molecule has 158 valence electrons. The molecule has 1 fully saturated rings. The van der Waals surface area contributed by atoms with Crippen LogP contribution in [0.4, 0.5) is 8.78 Å².